The van der Waals surface area contributed by atoms with Gasteiger partial charge in [-0.15, -0.1) is 0 Å². The van der Waals surface area contributed by atoms with E-state index in [1.54, 1.807) is 13.0 Å². The molecular weight excluding hydrogens is 194 g/mol. The van der Waals surface area contributed by atoms with Crippen molar-refractivity contribution in [3.63, 3.8) is 0 Å². The fraction of sp³-hybridized carbons (Fsp3) is 0.400. The zero-order chi connectivity index (χ0) is 11.4. The Morgan fingerprint density at radius 2 is 2.27 bits per heavy atom. The van der Waals surface area contributed by atoms with Gasteiger partial charge in [-0.05, 0) is 19.9 Å². The largest absolute Gasteiger partial charge is 0.383 e. The van der Waals surface area contributed by atoms with Crippen LogP contribution in [0.2, 0.25) is 0 Å². The lowest BCUT2D eigenvalue weighted by molar-refractivity contribution is -0.385. The number of nitrogens with zero attached hydrogens (tertiary/aromatic N) is 1. The number of nitro groups is 1. The van der Waals surface area contributed by atoms with Gasteiger partial charge in [0.05, 0.1) is 4.92 Å². The Bertz CT molecular complexity index is 364. The van der Waals surface area contributed by atoms with Gasteiger partial charge < -0.3 is 11.1 Å². The van der Waals surface area contributed by atoms with Gasteiger partial charge in [-0.1, -0.05) is 6.07 Å². The smallest absolute Gasteiger partial charge is 0.274 e. The van der Waals surface area contributed by atoms with Gasteiger partial charge in [0.25, 0.3) is 5.69 Å². The molecule has 0 aliphatic heterocycles. The van der Waals surface area contributed by atoms with Crippen LogP contribution in [0, 0.1) is 17.0 Å². The summed E-state index contributed by atoms with van der Waals surface area (Å²) in [5, 5.41) is 13.7. The molecule has 0 bridgehead atoms. The number of hydrogen-bond donors (Lipinski definition) is 2. The van der Waals surface area contributed by atoms with E-state index in [0.29, 0.717) is 12.1 Å². The molecule has 0 aliphatic rings. The van der Waals surface area contributed by atoms with Crippen molar-refractivity contribution >= 4 is 11.4 Å². The van der Waals surface area contributed by atoms with Crippen LogP contribution in [0.15, 0.2) is 18.2 Å². The van der Waals surface area contributed by atoms with E-state index in [0.717, 1.165) is 5.69 Å². The second-order valence-electron chi connectivity index (χ2n) is 3.62. The molecule has 1 aromatic carbocycles. The summed E-state index contributed by atoms with van der Waals surface area (Å²) in [4.78, 5) is 10.3. The maximum atomic E-state index is 10.7. The minimum absolute atomic E-state index is 0.0189. The van der Waals surface area contributed by atoms with Gasteiger partial charge in [0.15, 0.2) is 0 Å². The third kappa shape index (κ3) is 3.21. The number of hydrogen-bond acceptors (Lipinski definition) is 4. The Hall–Kier alpha value is -1.62. The fourth-order valence-electron chi connectivity index (χ4n) is 1.19. The van der Waals surface area contributed by atoms with E-state index in [9.17, 15) is 10.1 Å². The van der Waals surface area contributed by atoms with Crippen LogP contribution < -0.4 is 11.1 Å². The van der Waals surface area contributed by atoms with Gasteiger partial charge in [0.1, 0.15) is 0 Å². The Morgan fingerprint density at radius 3 is 2.80 bits per heavy atom. The molecule has 1 aromatic rings. The highest BCUT2D eigenvalue weighted by Gasteiger charge is 2.10. The number of nitrogens with two attached hydrogens (primary N) is 1. The molecule has 0 saturated carbocycles. The lowest BCUT2D eigenvalue weighted by atomic mass is 10.2. The number of benzene rings is 1. The predicted octanol–water partition coefficient (Wildman–Crippen LogP) is 1.66. The van der Waals surface area contributed by atoms with Crippen LogP contribution in [-0.4, -0.2) is 17.5 Å². The lowest BCUT2D eigenvalue weighted by Crippen LogP contribution is -2.25. The molecule has 82 valence electrons. The van der Waals surface area contributed by atoms with Crippen LogP contribution in [0.3, 0.4) is 0 Å². The van der Waals surface area contributed by atoms with E-state index in [2.05, 4.69) is 5.32 Å². The van der Waals surface area contributed by atoms with Crippen LogP contribution >= 0.6 is 0 Å². The fourth-order valence-corrected chi connectivity index (χ4v) is 1.19. The summed E-state index contributed by atoms with van der Waals surface area (Å²) in [5.41, 5.74) is 7.09. The van der Waals surface area contributed by atoms with E-state index in [1.165, 1.54) is 6.07 Å². The van der Waals surface area contributed by atoms with Crippen molar-refractivity contribution in [2.45, 2.75) is 19.9 Å². The van der Waals surface area contributed by atoms with Gasteiger partial charge >= 0.3 is 0 Å². The van der Waals surface area contributed by atoms with Crippen molar-refractivity contribution in [2.75, 3.05) is 11.9 Å². The van der Waals surface area contributed by atoms with E-state index in [1.807, 2.05) is 13.0 Å². The number of rotatable bonds is 4. The third-order valence-electron chi connectivity index (χ3n) is 2.03. The second-order valence-corrected chi connectivity index (χ2v) is 3.62. The average molecular weight is 209 g/mol. The average Bonchev–Trinajstić information content (AvgIpc) is 2.16. The van der Waals surface area contributed by atoms with E-state index >= 15 is 0 Å². The Morgan fingerprint density at radius 1 is 1.60 bits per heavy atom. The molecule has 1 unspecified atom stereocenters. The van der Waals surface area contributed by atoms with Crippen molar-refractivity contribution < 1.29 is 4.92 Å². The van der Waals surface area contributed by atoms with E-state index < -0.39 is 0 Å². The number of anilines is 1. The van der Waals surface area contributed by atoms with Gasteiger partial charge in [0.2, 0.25) is 0 Å². The van der Waals surface area contributed by atoms with Gasteiger partial charge in [-0.3, -0.25) is 10.1 Å². The molecule has 5 nitrogen and oxygen atoms in total. The second kappa shape index (κ2) is 4.75. The summed E-state index contributed by atoms with van der Waals surface area (Å²) in [7, 11) is 0. The van der Waals surface area contributed by atoms with Crippen LogP contribution in [0.4, 0.5) is 11.4 Å². The zero-order valence-corrected chi connectivity index (χ0v) is 8.86. The highest BCUT2D eigenvalue weighted by molar-refractivity contribution is 5.54. The summed E-state index contributed by atoms with van der Waals surface area (Å²) in [6.45, 7) is 4.18. The molecule has 0 aromatic heterocycles. The molecular formula is C10H15N3O2. The first-order valence-corrected chi connectivity index (χ1v) is 4.75. The molecule has 0 amide bonds. The first kappa shape index (κ1) is 11.5. The maximum Gasteiger partial charge on any atom is 0.274 e. The topological polar surface area (TPSA) is 81.2 Å². The van der Waals surface area contributed by atoms with Gasteiger partial charge in [0, 0.05) is 29.9 Å². The molecule has 0 spiro atoms. The Kier molecular flexibility index (Phi) is 3.62. The molecule has 1 atom stereocenters. The van der Waals surface area contributed by atoms with E-state index in [4.69, 9.17) is 5.73 Å². The van der Waals surface area contributed by atoms with Crippen molar-refractivity contribution in [2.24, 2.45) is 5.73 Å². The molecule has 5 heteroatoms. The van der Waals surface area contributed by atoms with Crippen LogP contribution in [-0.2, 0) is 0 Å². The van der Waals surface area contributed by atoms with Crippen molar-refractivity contribution in [1.82, 2.24) is 0 Å². The Balaban J connectivity index is 2.83. The Labute approximate surface area is 88.4 Å². The monoisotopic (exact) mass is 209 g/mol. The van der Waals surface area contributed by atoms with Crippen molar-refractivity contribution in [1.29, 1.82) is 0 Å². The quantitative estimate of drug-likeness (QED) is 0.583. The van der Waals surface area contributed by atoms with Crippen molar-refractivity contribution in [3.8, 4) is 0 Å². The highest BCUT2D eigenvalue weighted by atomic mass is 16.6. The number of nitrogens with one attached hydrogen (secondary N) is 1. The number of aryl methyl sites for hydroxylation is 1. The third-order valence-corrected chi connectivity index (χ3v) is 2.03. The van der Waals surface area contributed by atoms with Crippen LogP contribution in [0.1, 0.15) is 12.5 Å². The molecule has 0 heterocycles. The summed E-state index contributed by atoms with van der Waals surface area (Å²) < 4.78 is 0. The molecule has 0 fully saturated rings. The molecule has 0 radical (unpaired) electrons. The molecule has 1 rings (SSSR count). The maximum absolute atomic E-state index is 10.7. The summed E-state index contributed by atoms with van der Waals surface area (Å²) in [6.07, 6.45) is 0. The van der Waals surface area contributed by atoms with Gasteiger partial charge in [-0.25, -0.2) is 0 Å². The molecule has 15 heavy (non-hydrogen) atoms. The molecule has 3 N–H and O–H groups in total. The first-order chi connectivity index (χ1) is 7.00. The van der Waals surface area contributed by atoms with E-state index in [-0.39, 0.29) is 16.7 Å². The SMILES string of the molecule is Cc1ccc(NCC(C)N)cc1[N+](=O)[O-]. The zero-order valence-electron chi connectivity index (χ0n) is 8.86. The van der Waals surface area contributed by atoms with Gasteiger partial charge in [-0.2, -0.15) is 0 Å². The lowest BCUT2D eigenvalue weighted by Gasteiger charge is -2.09. The van der Waals surface area contributed by atoms with Crippen LogP contribution in [0.5, 0.6) is 0 Å². The normalized spacial score (nSPS) is 12.2. The summed E-state index contributed by atoms with van der Waals surface area (Å²) in [6, 6.07) is 5.08. The molecule has 0 saturated heterocycles. The summed E-state index contributed by atoms with van der Waals surface area (Å²) >= 11 is 0. The predicted molar refractivity (Wildman–Crippen MR) is 60.0 cm³/mol. The summed E-state index contributed by atoms with van der Waals surface area (Å²) in [5.74, 6) is 0. The minimum Gasteiger partial charge on any atom is -0.383 e. The number of nitro benzene ring substituents is 1. The first-order valence-electron chi connectivity index (χ1n) is 4.75. The minimum atomic E-state index is -0.383. The molecule has 0 aliphatic carbocycles. The van der Waals surface area contributed by atoms with Crippen molar-refractivity contribution in [3.05, 3.63) is 33.9 Å². The van der Waals surface area contributed by atoms with Crippen LogP contribution in [0.25, 0.3) is 0 Å². The highest BCUT2D eigenvalue weighted by Crippen LogP contribution is 2.21. The standard InChI is InChI=1S/C10H15N3O2/c1-7-3-4-9(12-6-8(2)11)5-10(7)13(14)15/h3-5,8,12H,6,11H2,1-2H3.